The molecular formula is C23H28N8O3. The van der Waals surface area contributed by atoms with Gasteiger partial charge >= 0.3 is 0 Å². The van der Waals surface area contributed by atoms with Crippen molar-refractivity contribution in [3.63, 3.8) is 0 Å². The maximum atomic E-state index is 13.2. The second kappa shape index (κ2) is 9.26. The van der Waals surface area contributed by atoms with Gasteiger partial charge in [-0.2, -0.15) is 9.61 Å². The van der Waals surface area contributed by atoms with Crippen molar-refractivity contribution in [3.05, 3.63) is 42.2 Å². The summed E-state index contributed by atoms with van der Waals surface area (Å²) in [4.78, 5) is 36.8. The second-order valence-electron chi connectivity index (χ2n) is 8.52. The van der Waals surface area contributed by atoms with E-state index in [1.165, 1.54) is 6.20 Å². The smallest absolute Gasteiger partial charge is 0.257 e. The standard InChI is InChI=1S/C23H28N8O3/c1-24-20-12-18(27-16-6-5-11-30(23(16)33)19-7-3-4-10-25-19)29-21-14(13-26-31(20)21)22(32)28-15-8-9-17(15)34-2/h3-4,7,10,12-13,15-17,24H,5-6,8-9,11H2,1-2H3,(H,27,29)(H,28,32)/t15-,16-,17-/m1/s1. The lowest BCUT2D eigenvalue weighted by atomic mass is 9.89. The Kier molecular flexibility index (Phi) is 6.01. The molecule has 2 aliphatic rings. The van der Waals surface area contributed by atoms with Gasteiger partial charge in [-0.1, -0.05) is 6.07 Å². The number of rotatable bonds is 7. The van der Waals surface area contributed by atoms with Gasteiger partial charge in [-0.25, -0.2) is 9.97 Å². The van der Waals surface area contributed by atoms with Crippen molar-refractivity contribution in [1.82, 2.24) is 24.9 Å². The highest BCUT2D eigenvalue weighted by atomic mass is 16.5. The van der Waals surface area contributed by atoms with Gasteiger partial charge in [0.1, 0.15) is 29.1 Å². The Morgan fingerprint density at radius 3 is 2.82 bits per heavy atom. The minimum atomic E-state index is -0.451. The summed E-state index contributed by atoms with van der Waals surface area (Å²) in [6.07, 6.45) is 6.54. The Bertz CT molecular complexity index is 1200. The highest BCUT2D eigenvalue weighted by Crippen LogP contribution is 2.25. The van der Waals surface area contributed by atoms with Gasteiger partial charge in [0.15, 0.2) is 5.65 Å². The third kappa shape index (κ3) is 4.03. The highest BCUT2D eigenvalue weighted by molar-refractivity contribution is 6.01. The van der Waals surface area contributed by atoms with Crippen LogP contribution in [0, 0.1) is 0 Å². The molecule has 34 heavy (non-hydrogen) atoms. The Hall–Kier alpha value is -3.73. The predicted molar refractivity (Wildman–Crippen MR) is 127 cm³/mol. The number of methoxy groups -OCH3 is 1. The van der Waals surface area contributed by atoms with E-state index in [1.54, 1.807) is 35.8 Å². The van der Waals surface area contributed by atoms with Crippen LogP contribution < -0.4 is 20.9 Å². The number of pyridine rings is 1. The molecule has 3 atom stereocenters. The molecule has 2 fully saturated rings. The van der Waals surface area contributed by atoms with Crippen molar-refractivity contribution >= 4 is 34.9 Å². The molecule has 0 bridgehead atoms. The zero-order valence-electron chi connectivity index (χ0n) is 19.2. The number of hydrogen-bond acceptors (Lipinski definition) is 8. The average Bonchev–Trinajstić information content (AvgIpc) is 3.27. The Morgan fingerprint density at radius 1 is 1.24 bits per heavy atom. The van der Waals surface area contributed by atoms with Crippen molar-refractivity contribution in [3.8, 4) is 0 Å². The maximum absolute atomic E-state index is 13.2. The largest absolute Gasteiger partial charge is 0.379 e. The second-order valence-corrected chi connectivity index (χ2v) is 8.52. The monoisotopic (exact) mass is 464 g/mol. The first-order chi connectivity index (χ1) is 16.6. The third-order valence-corrected chi connectivity index (χ3v) is 6.49. The number of carbonyl (C=O) groups is 2. The fraction of sp³-hybridized carbons (Fsp3) is 0.435. The van der Waals surface area contributed by atoms with Gasteiger partial charge in [-0.05, 0) is 37.8 Å². The first-order valence-electron chi connectivity index (χ1n) is 11.5. The lowest BCUT2D eigenvalue weighted by Crippen LogP contribution is -2.51. The van der Waals surface area contributed by atoms with Crippen LogP contribution in [0.1, 0.15) is 36.0 Å². The van der Waals surface area contributed by atoms with E-state index in [4.69, 9.17) is 4.74 Å². The maximum Gasteiger partial charge on any atom is 0.257 e. The number of fused-ring (bicyclic) bond motifs is 1. The van der Waals surface area contributed by atoms with Crippen molar-refractivity contribution in [2.75, 3.05) is 36.2 Å². The fourth-order valence-corrected chi connectivity index (χ4v) is 4.47. The van der Waals surface area contributed by atoms with Gasteiger partial charge in [0.2, 0.25) is 0 Å². The zero-order valence-corrected chi connectivity index (χ0v) is 19.2. The molecule has 0 aromatic carbocycles. The van der Waals surface area contributed by atoms with Crippen LogP contribution in [-0.2, 0) is 9.53 Å². The van der Waals surface area contributed by atoms with Gasteiger partial charge in [-0.15, -0.1) is 0 Å². The number of carbonyl (C=O) groups excluding carboxylic acids is 2. The van der Waals surface area contributed by atoms with E-state index in [0.29, 0.717) is 41.6 Å². The van der Waals surface area contributed by atoms with E-state index in [0.717, 1.165) is 19.3 Å². The Balaban J connectivity index is 1.39. The molecule has 3 aromatic heterocycles. The van der Waals surface area contributed by atoms with Crippen LogP contribution in [-0.4, -0.2) is 70.3 Å². The first kappa shape index (κ1) is 22.1. The summed E-state index contributed by atoms with van der Waals surface area (Å²) < 4.78 is 6.96. The minimum absolute atomic E-state index is 0.0185. The molecule has 5 rings (SSSR count). The van der Waals surface area contributed by atoms with E-state index >= 15 is 0 Å². The van der Waals surface area contributed by atoms with E-state index in [-0.39, 0.29) is 24.0 Å². The molecule has 0 unspecified atom stereocenters. The number of nitrogens with one attached hydrogen (secondary N) is 3. The lowest BCUT2D eigenvalue weighted by molar-refractivity contribution is -0.120. The summed E-state index contributed by atoms with van der Waals surface area (Å²) in [5.74, 6) is 1.47. The molecule has 2 amide bonds. The van der Waals surface area contributed by atoms with Crippen molar-refractivity contribution in [2.45, 2.75) is 43.9 Å². The predicted octanol–water partition coefficient (Wildman–Crippen LogP) is 1.68. The van der Waals surface area contributed by atoms with Gasteiger partial charge in [0.25, 0.3) is 11.8 Å². The summed E-state index contributed by atoms with van der Waals surface area (Å²) in [6, 6.07) is 6.83. The zero-order chi connectivity index (χ0) is 23.7. The SMILES string of the molecule is CNc1cc(N[C@@H]2CCCN(c3ccccn3)C2=O)nc2c(C(=O)N[C@@H]3CC[C@H]3OC)cnn12. The number of piperidine rings is 1. The van der Waals surface area contributed by atoms with Crippen LogP contribution in [0.4, 0.5) is 17.5 Å². The van der Waals surface area contributed by atoms with Gasteiger partial charge in [0, 0.05) is 33.0 Å². The molecular weight excluding hydrogens is 436 g/mol. The highest BCUT2D eigenvalue weighted by Gasteiger charge is 2.33. The van der Waals surface area contributed by atoms with Gasteiger partial charge in [-0.3, -0.25) is 14.5 Å². The molecule has 11 nitrogen and oxygen atoms in total. The summed E-state index contributed by atoms with van der Waals surface area (Å²) >= 11 is 0. The Labute approximate surface area is 196 Å². The van der Waals surface area contributed by atoms with Crippen molar-refractivity contribution in [1.29, 1.82) is 0 Å². The fourth-order valence-electron chi connectivity index (χ4n) is 4.47. The van der Waals surface area contributed by atoms with Crippen LogP contribution in [0.25, 0.3) is 5.65 Å². The van der Waals surface area contributed by atoms with Crippen LogP contribution in [0.15, 0.2) is 36.7 Å². The van der Waals surface area contributed by atoms with E-state index < -0.39 is 6.04 Å². The topological polar surface area (TPSA) is 126 Å². The molecule has 178 valence electrons. The molecule has 1 aliphatic heterocycles. The molecule has 11 heteroatoms. The van der Waals surface area contributed by atoms with Crippen LogP contribution in [0.2, 0.25) is 0 Å². The number of aromatic nitrogens is 4. The van der Waals surface area contributed by atoms with E-state index in [1.807, 2.05) is 18.2 Å². The molecule has 0 spiro atoms. The normalized spacial score (nSPS) is 22.4. The summed E-state index contributed by atoms with van der Waals surface area (Å²) in [5, 5.41) is 13.7. The molecule has 3 N–H and O–H groups in total. The van der Waals surface area contributed by atoms with Gasteiger partial charge < -0.3 is 20.7 Å². The van der Waals surface area contributed by atoms with E-state index in [2.05, 4.69) is 31.0 Å². The van der Waals surface area contributed by atoms with Gasteiger partial charge in [0.05, 0.1) is 18.3 Å². The number of ether oxygens (including phenoxy) is 1. The third-order valence-electron chi connectivity index (χ3n) is 6.49. The quantitative estimate of drug-likeness (QED) is 0.482. The number of amides is 2. The Morgan fingerprint density at radius 2 is 2.12 bits per heavy atom. The molecule has 4 heterocycles. The average molecular weight is 465 g/mol. The summed E-state index contributed by atoms with van der Waals surface area (Å²) in [5.41, 5.74) is 0.775. The lowest BCUT2D eigenvalue weighted by Gasteiger charge is -2.35. The van der Waals surface area contributed by atoms with Crippen molar-refractivity contribution < 1.29 is 14.3 Å². The molecule has 3 aromatic rings. The molecule has 1 saturated carbocycles. The summed E-state index contributed by atoms with van der Waals surface area (Å²) in [6.45, 7) is 0.624. The van der Waals surface area contributed by atoms with Crippen LogP contribution >= 0.6 is 0 Å². The van der Waals surface area contributed by atoms with E-state index in [9.17, 15) is 9.59 Å². The minimum Gasteiger partial charge on any atom is -0.379 e. The molecule has 1 aliphatic carbocycles. The summed E-state index contributed by atoms with van der Waals surface area (Å²) in [7, 11) is 3.42. The number of anilines is 3. The van der Waals surface area contributed by atoms with Crippen LogP contribution in [0.3, 0.4) is 0 Å². The molecule has 0 radical (unpaired) electrons. The first-order valence-corrected chi connectivity index (χ1v) is 11.5. The van der Waals surface area contributed by atoms with Crippen molar-refractivity contribution in [2.24, 2.45) is 0 Å². The molecule has 1 saturated heterocycles. The van der Waals surface area contributed by atoms with Crippen LogP contribution in [0.5, 0.6) is 0 Å². The number of nitrogens with zero attached hydrogens (tertiary/aromatic N) is 5. The number of hydrogen-bond donors (Lipinski definition) is 3.